The van der Waals surface area contributed by atoms with Gasteiger partial charge >= 0.3 is 0 Å². The summed E-state index contributed by atoms with van der Waals surface area (Å²) in [5.41, 5.74) is 1.01. The van der Waals surface area contributed by atoms with Gasteiger partial charge < -0.3 is 14.4 Å². The van der Waals surface area contributed by atoms with E-state index in [4.69, 9.17) is 21.7 Å². The third kappa shape index (κ3) is 3.44. The highest BCUT2D eigenvalue weighted by molar-refractivity contribution is 9.10. The lowest BCUT2D eigenvalue weighted by Gasteiger charge is -2.29. The molecule has 1 aromatic carbocycles. The predicted molar refractivity (Wildman–Crippen MR) is 89.0 cm³/mol. The van der Waals surface area contributed by atoms with Crippen LogP contribution in [0.1, 0.15) is 31.7 Å². The van der Waals surface area contributed by atoms with Gasteiger partial charge in [-0.15, -0.1) is 0 Å². The molecule has 1 saturated heterocycles. The van der Waals surface area contributed by atoms with Crippen molar-refractivity contribution in [3.8, 4) is 11.5 Å². The number of likely N-dealkylation sites (tertiary alicyclic amines) is 1. The molecular formula is C15H20BrNO2S. The quantitative estimate of drug-likeness (QED) is 0.758. The van der Waals surface area contributed by atoms with Crippen molar-refractivity contribution in [1.82, 2.24) is 4.90 Å². The van der Waals surface area contributed by atoms with Gasteiger partial charge in [0.1, 0.15) is 4.99 Å². The second-order valence-electron chi connectivity index (χ2n) is 4.78. The number of rotatable bonds is 4. The first-order valence-corrected chi connectivity index (χ1v) is 8.17. The van der Waals surface area contributed by atoms with Gasteiger partial charge in [-0.05, 0) is 54.2 Å². The van der Waals surface area contributed by atoms with E-state index in [0.717, 1.165) is 39.6 Å². The SMILES string of the molecule is CCOc1cc(C(=S)N2CCCCC2)cc(Br)c1OC. The van der Waals surface area contributed by atoms with E-state index in [1.807, 2.05) is 19.1 Å². The molecule has 0 spiro atoms. The van der Waals surface area contributed by atoms with Gasteiger partial charge in [-0.25, -0.2) is 0 Å². The number of benzene rings is 1. The number of ether oxygens (including phenoxy) is 2. The Kier molecular flexibility index (Phi) is 5.66. The van der Waals surface area contributed by atoms with E-state index in [-0.39, 0.29) is 0 Å². The molecule has 0 amide bonds. The van der Waals surface area contributed by atoms with Gasteiger partial charge in [0.05, 0.1) is 18.2 Å². The number of piperidine rings is 1. The molecule has 20 heavy (non-hydrogen) atoms. The van der Waals surface area contributed by atoms with Gasteiger partial charge in [0, 0.05) is 18.7 Å². The Labute approximate surface area is 134 Å². The summed E-state index contributed by atoms with van der Waals surface area (Å²) in [5, 5.41) is 0. The fraction of sp³-hybridized carbons (Fsp3) is 0.533. The predicted octanol–water partition coefficient (Wildman–Crippen LogP) is 4.02. The monoisotopic (exact) mass is 357 g/mol. The summed E-state index contributed by atoms with van der Waals surface area (Å²) in [7, 11) is 1.64. The topological polar surface area (TPSA) is 21.7 Å². The van der Waals surface area contributed by atoms with E-state index in [1.165, 1.54) is 19.3 Å². The first kappa shape index (κ1) is 15.6. The highest BCUT2D eigenvalue weighted by Crippen LogP contribution is 2.37. The molecule has 0 atom stereocenters. The second-order valence-corrected chi connectivity index (χ2v) is 6.02. The van der Waals surface area contributed by atoms with Crippen LogP contribution in [0.25, 0.3) is 0 Å². The summed E-state index contributed by atoms with van der Waals surface area (Å²) in [5.74, 6) is 1.45. The molecule has 1 aliphatic rings. The summed E-state index contributed by atoms with van der Waals surface area (Å²) in [6.45, 7) is 4.66. The highest BCUT2D eigenvalue weighted by Gasteiger charge is 2.18. The summed E-state index contributed by atoms with van der Waals surface area (Å²) in [4.78, 5) is 3.18. The Balaban J connectivity index is 2.29. The molecule has 1 aliphatic heterocycles. The maximum Gasteiger partial charge on any atom is 0.174 e. The van der Waals surface area contributed by atoms with E-state index in [0.29, 0.717) is 6.61 Å². The third-order valence-electron chi connectivity index (χ3n) is 3.40. The molecule has 0 bridgehead atoms. The number of hydrogen-bond acceptors (Lipinski definition) is 3. The molecule has 110 valence electrons. The van der Waals surface area contributed by atoms with Crippen LogP contribution in [0.2, 0.25) is 0 Å². The molecule has 0 radical (unpaired) electrons. The maximum atomic E-state index is 5.65. The van der Waals surface area contributed by atoms with E-state index < -0.39 is 0 Å². The third-order valence-corrected chi connectivity index (χ3v) is 4.49. The van der Waals surface area contributed by atoms with Crippen molar-refractivity contribution in [2.45, 2.75) is 26.2 Å². The van der Waals surface area contributed by atoms with Crippen LogP contribution >= 0.6 is 28.1 Å². The Morgan fingerprint density at radius 1 is 1.30 bits per heavy atom. The largest absolute Gasteiger partial charge is 0.492 e. The summed E-state index contributed by atoms with van der Waals surface area (Å²) in [6.07, 6.45) is 3.74. The molecule has 1 fully saturated rings. The first-order chi connectivity index (χ1) is 9.67. The Morgan fingerprint density at radius 3 is 2.60 bits per heavy atom. The lowest BCUT2D eigenvalue weighted by atomic mass is 10.1. The standard InChI is InChI=1S/C15H20BrNO2S/c1-3-19-13-10-11(9-12(16)14(13)18-2)15(20)17-7-5-4-6-8-17/h9-10H,3-8H2,1-2H3. The van der Waals surface area contributed by atoms with Gasteiger partial charge in [-0.3, -0.25) is 0 Å². The van der Waals surface area contributed by atoms with Crippen LogP contribution in [0.5, 0.6) is 11.5 Å². The molecular weight excluding hydrogens is 338 g/mol. The van der Waals surface area contributed by atoms with Gasteiger partial charge in [0.2, 0.25) is 0 Å². The lowest BCUT2D eigenvalue weighted by Crippen LogP contribution is -2.34. The van der Waals surface area contributed by atoms with Gasteiger partial charge in [-0.2, -0.15) is 0 Å². The van der Waals surface area contributed by atoms with Crippen LogP contribution in [0.4, 0.5) is 0 Å². The van der Waals surface area contributed by atoms with Gasteiger partial charge in [0.25, 0.3) is 0 Å². The van der Waals surface area contributed by atoms with Gasteiger partial charge in [-0.1, -0.05) is 12.2 Å². The molecule has 0 saturated carbocycles. The normalized spacial score (nSPS) is 15.1. The molecule has 1 heterocycles. The number of thiocarbonyl (C=S) groups is 1. The number of nitrogens with zero attached hydrogens (tertiary/aromatic N) is 1. The zero-order valence-corrected chi connectivity index (χ0v) is 14.3. The van der Waals surface area contributed by atoms with E-state index >= 15 is 0 Å². The Morgan fingerprint density at radius 2 is 2.00 bits per heavy atom. The van der Waals surface area contributed by atoms with E-state index in [9.17, 15) is 0 Å². The van der Waals surface area contributed by atoms with Crippen molar-refractivity contribution in [2.24, 2.45) is 0 Å². The van der Waals surface area contributed by atoms with Crippen molar-refractivity contribution in [3.63, 3.8) is 0 Å². The average molecular weight is 358 g/mol. The molecule has 3 nitrogen and oxygen atoms in total. The zero-order valence-electron chi connectivity index (χ0n) is 11.9. The summed E-state index contributed by atoms with van der Waals surface area (Å²) >= 11 is 9.17. The van der Waals surface area contributed by atoms with Crippen molar-refractivity contribution in [3.05, 3.63) is 22.2 Å². The van der Waals surface area contributed by atoms with Crippen molar-refractivity contribution in [2.75, 3.05) is 26.8 Å². The fourth-order valence-corrected chi connectivity index (χ4v) is 3.34. The molecule has 1 aromatic rings. The summed E-state index contributed by atoms with van der Waals surface area (Å²) < 4.78 is 11.9. The summed E-state index contributed by atoms with van der Waals surface area (Å²) in [6, 6.07) is 3.99. The van der Waals surface area contributed by atoms with Crippen LogP contribution in [-0.4, -0.2) is 36.7 Å². The second kappa shape index (κ2) is 7.27. The minimum absolute atomic E-state index is 0.600. The van der Waals surface area contributed by atoms with Crippen molar-refractivity contribution >= 4 is 33.1 Å². The number of halogens is 1. The molecule has 0 aliphatic carbocycles. The number of hydrogen-bond donors (Lipinski definition) is 0. The molecule has 0 unspecified atom stereocenters. The minimum Gasteiger partial charge on any atom is -0.492 e. The van der Waals surface area contributed by atoms with Crippen LogP contribution in [-0.2, 0) is 0 Å². The van der Waals surface area contributed by atoms with Gasteiger partial charge in [0.15, 0.2) is 11.5 Å². The van der Waals surface area contributed by atoms with Crippen molar-refractivity contribution in [1.29, 1.82) is 0 Å². The highest BCUT2D eigenvalue weighted by atomic mass is 79.9. The van der Waals surface area contributed by atoms with Crippen LogP contribution < -0.4 is 9.47 Å². The molecule has 2 rings (SSSR count). The zero-order chi connectivity index (χ0) is 14.5. The fourth-order valence-electron chi connectivity index (χ4n) is 2.43. The Hall–Kier alpha value is -0.810. The molecule has 0 aromatic heterocycles. The smallest absolute Gasteiger partial charge is 0.174 e. The first-order valence-electron chi connectivity index (χ1n) is 6.97. The molecule has 0 N–H and O–H groups in total. The average Bonchev–Trinajstić information content (AvgIpc) is 2.47. The minimum atomic E-state index is 0.600. The van der Waals surface area contributed by atoms with Crippen molar-refractivity contribution < 1.29 is 9.47 Å². The van der Waals surface area contributed by atoms with Crippen LogP contribution in [0.15, 0.2) is 16.6 Å². The van der Waals surface area contributed by atoms with E-state index in [2.05, 4.69) is 20.8 Å². The Bertz CT molecular complexity index is 487. The number of methoxy groups -OCH3 is 1. The van der Waals surface area contributed by atoms with Crippen LogP contribution in [0, 0.1) is 0 Å². The molecule has 5 heteroatoms. The van der Waals surface area contributed by atoms with E-state index in [1.54, 1.807) is 7.11 Å². The lowest BCUT2D eigenvalue weighted by molar-refractivity contribution is 0.309. The maximum absolute atomic E-state index is 5.65. The van der Waals surface area contributed by atoms with Crippen LogP contribution in [0.3, 0.4) is 0 Å².